The normalized spacial score (nSPS) is 0. The third-order valence-corrected chi connectivity index (χ3v) is 0. The van der Waals surface area contributed by atoms with E-state index in [9.17, 15) is 0 Å². The van der Waals surface area contributed by atoms with Crippen molar-refractivity contribution in [2.45, 2.75) is 0 Å². The van der Waals surface area contributed by atoms with Gasteiger partial charge in [-0.2, -0.15) is 0 Å². The van der Waals surface area contributed by atoms with Crippen molar-refractivity contribution in [3.63, 3.8) is 0 Å². The molecule has 0 atom stereocenters. The van der Waals surface area contributed by atoms with Gasteiger partial charge < -0.3 is 17.1 Å². The first-order valence-electron chi connectivity index (χ1n) is 0. The average Bonchev–Trinajstić information content (AvgIpc) is 0. The molecular formula is CeCoNiSe+5. The van der Waals surface area contributed by atoms with Crippen LogP contribution in [0, 0.1) is 41.7 Å². The number of hydrogen-bond donors (Lipinski definition) is 0. The van der Waals surface area contributed by atoms with Crippen LogP contribution in [0.5, 0.6) is 0 Å². The largest absolute Gasteiger partial charge is 3.00 e. The van der Waals surface area contributed by atoms with Crippen molar-refractivity contribution in [3.05, 3.63) is 0 Å². The van der Waals surface area contributed by atoms with E-state index in [1.807, 2.05) is 0 Å². The first-order chi connectivity index (χ1) is 0. The molecule has 0 aliphatic carbocycles. The predicted molar refractivity (Wildman–Crippen MR) is 5.75 cm³/mol. The van der Waals surface area contributed by atoms with Gasteiger partial charge in [-0.1, -0.05) is 0 Å². The first-order valence-corrected chi connectivity index (χ1v) is 0. The first kappa shape index (κ1) is 28.6. The smallest absolute Gasteiger partial charge is 2.00 e. The fraction of sp³-hybridized carbons (Fsp3) is 0. The molecule has 0 aromatic heterocycles. The summed E-state index contributed by atoms with van der Waals surface area (Å²) in [6.45, 7) is 0. The van der Waals surface area contributed by atoms with Crippen LogP contribution in [-0.4, -0.2) is 17.1 Å². The molecule has 0 aromatic carbocycles. The second-order valence-corrected chi connectivity index (χ2v) is 0. The van der Waals surface area contributed by atoms with Crippen molar-refractivity contribution in [1.82, 2.24) is 0 Å². The van der Waals surface area contributed by atoms with E-state index in [-0.39, 0.29) is 92.1 Å². The van der Waals surface area contributed by atoms with Gasteiger partial charge in [-0.3, -0.25) is 0 Å². The third kappa shape index (κ3) is 8.86. The summed E-state index contributed by atoms with van der Waals surface area (Å²) in [5.74, 6) is 0. The molecule has 0 aliphatic heterocycles. The Morgan fingerprint density at radius 3 is 1.00 bits per heavy atom. The molecule has 0 saturated carbocycles. The van der Waals surface area contributed by atoms with Gasteiger partial charge in [-0.05, 0) is 0 Å². The summed E-state index contributed by atoms with van der Waals surface area (Å²) < 4.78 is 0. The Kier molecular flexibility index (Phi) is 120. The maximum absolute atomic E-state index is 0. The summed E-state index contributed by atoms with van der Waals surface area (Å²) in [5, 5.41) is 0. The van der Waals surface area contributed by atoms with Crippen molar-refractivity contribution in [2.24, 2.45) is 0 Å². The Morgan fingerprint density at radius 2 is 1.00 bits per heavy atom. The quantitative estimate of drug-likeness (QED) is 0.529. The van der Waals surface area contributed by atoms with Crippen LogP contribution < -0.4 is 0 Å². The molecule has 0 nitrogen and oxygen atoms in total. The molecule has 0 spiro atoms. The third-order valence-electron chi connectivity index (χ3n) is 0. The van der Waals surface area contributed by atoms with E-state index in [2.05, 4.69) is 0 Å². The molecule has 4 heteroatoms. The van der Waals surface area contributed by atoms with Crippen molar-refractivity contribution >= 4 is 17.1 Å². The van der Waals surface area contributed by atoms with Gasteiger partial charge in [-0.25, -0.2) is 0 Å². The summed E-state index contributed by atoms with van der Waals surface area (Å²) in [5.41, 5.74) is 0. The Labute approximate surface area is 90.2 Å². The molecule has 2 radical (unpaired) electrons. The van der Waals surface area contributed by atoms with Crippen LogP contribution in [0.15, 0.2) is 0 Å². The molecule has 4 heavy (non-hydrogen) atoms. The van der Waals surface area contributed by atoms with E-state index >= 15 is 0 Å². The van der Waals surface area contributed by atoms with Crippen LogP contribution in [0.4, 0.5) is 0 Å². The number of hydrogen-bond acceptors (Lipinski definition) is 0. The second kappa shape index (κ2) is 16.9. The summed E-state index contributed by atoms with van der Waals surface area (Å²) in [6, 6.07) is 0. The van der Waals surface area contributed by atoms with Gasteiger partial charge in [0, 0.05) is 0 Å². The molecule has 0 heterocycles. The van der Waals surface area contributed by atoms with Gasteiger partial charge in [0.05, 0.1) is 0 Å². The molecule has 0 rings (SSSR count). The van der Waals surface area contributed by atoms with Crippen LogP contribution in [0.25, 0.3) is 0 Å². The zero-order valence-corrected chi connectivity index (χ0v) is 8.44. The van der Waals surface area contributed by atoms with E-state index in [1.54, 1.807) is 0 Å². The molecule has 0 aromatic rings. The summed E-state index contributed by atoms with van der Waals surface area (Å²) in [6.07, 6.45) is 0. The Morgan fingerprint density at radius 1 is 1.00 bits per heavy atom. The zero-order valence-electron chi connectivity index (χ0n) is 1.56. The summed E-state index contributed by atoms with van der Waals surface area (Å²) in [4.78, 5) is 0. The number of rotatable bonds is 0. The SMILES string of the molecule is [Ce+3].[Co+2].[Ni+2].[Se-2]. The monoisotopic (exact) mass is 337 g/mol. The van der Waals surface area contributed by atoms with Crippen LogP contribution >= 0.6 is 0 Å². The molecule has 0 aliphatic rings. The molecular weight excluding hydrogens is 337 g/mol. The standard InChI is InChI=1S/Ce.Co.Ni.Se/q+3;2*+2;-2. The molecule has 24 valence electrons. The Hall–Kier alpha value is 2.90. The van der Waals surface area contributed by atoms with E-state index in [0.717, 1.165) is 0 Å². The molecule has 0 fully saturated rings. The van der Waals surface area contributed by atoms with Gasteiger partial charge in [0.15, 0.2) is 0 Å². The van der Waals surface area contributed by atoms with Gasteiger partial charge in [0.2, 0.25) is 0 Å². The molecule has 0 bridgehead atoms. The van der Waals surface area contributed by atoms with Crippen molar-refractivity contribution < 1.29 is 75.0 Å². The fourth-order valence-corrected chi connectivity index (χ4v) is 0. The van der Waals surface area contributed by atoms with Crippen molar-refractivity contribution in [1.29, 1.82) is 0 Å². The zero-order chi connectivity index (χ0) is 0. The van der Waals surface area contributed by atoms with Crippen LogP contribution in [0.1, 0.15) is 0 Å². The van der Waals surface area contributed by atoms with Gasteiger partial charge in [0.1, 0.15) is 0 Å². The summed E-state index contributed by atoms with van der Waals surface area (Å²) in [7, 11) is 0. The second-order valence-electron chi connectivity index (χ2n) is 0. The minimum absolute atomic E-state index is 0. The average molecular weight is 337 g/mol. The maximum Gasteiger partial charge on any atom is 3.00 e. The Balaban J connectivity index is 0. The van der Waals surface area contributed by atoms with Crippen LogP contribution in [0.3, 0.4) is 0 Å². The van der Waals surface area contributed by atoms with E-state index in [4.69, 9.17) is 0 Å². The van der Waals surface area contributed by atoms with E-state index < -0.39 is 0 Å². The van der Waals surface area contributed by atoms with Crippen molar-refractivity contribution in [2.75, 3.05) is 0 Å². The predicted octanol–water partition coefficient (Wildman–Crippen LogP) is -0.386. The van der Waals surface area contributed by atoms with Gasteiger partial charge in [0.25, 0.3) is 0 Å². The fourth-order valence-electron chi connectivity index (χ4n) is 0. The minimum Gasteiger partial charge on any atom is -2.00 e. The van der Waals surface area contributed by atoms with Crippen molar-refractivity contribution in [3.8, 4) is 0 Å². The summed E-state index contributed by atoms with van der Waals surface area (Å²) >= 11 is 0. The molecule has 0 N–H and O–H groups in total. The van der Waals surface area contributed by atoms with Crippen LogP contribution in [0.2, 0.25) is 0 Å². The minimum atomic E-state index is 0. The van der Waals surface area contributed by atoms with E-state index in [1.165, 1.54) is 0 Å². The molecule has 0 amide bonds. The van der Waals surface area contributed by atoms with Crippen LogP contribution in [-0.2, 0) is 33.3 Å². The van der Waals surface area contributed by atoms with Gasteiger partial charge in [-0.15, -0.1) is 0 Å². The topological polar surface area (TPSA) is 0 Å². The maximum atomic E-state index is 0. The Bertz CT molecular complexity index is 8.00. The van der Waals surface area contributed by atoms with Gasteiger partial charge >= 0.3 is 75.0 Å². The molecule has 0 saturated heterocycles. The molecule has 0 unspecified atom stereocenters. The van der Waals surface area contributed by atoms with E-state index in [0.29, 0.717) is 0 Å².